The third kappa shape index (κ3) is 4.07. The molecule has 1 aromatic heterocycles. The minimum atomic E-state index is -2.71. The Morgan fingerprint density at radius 2 is 1.84 bits per heavy atom. The first-order valence-electron chi connectivity index (χ1n) is 7.82. The summed E-state index contributed by atoms with van der Waals surface area (Å²) in [6, 6.07) is 12.2. The maximum atomic E-state index is 11.7. The van der Waals surface area contributed by atoms with Crippen molar-refractivity contribution in [1.29, 1.82) is 0 Å². The van der Waals surface area contributed by atoms with Crippen LogP contribution in [0, 0.1) is 0 Å². The lowest BCUT2D eigenvalue weighted by Crippen LogP contribution is -2.11. The zero-order chi connectivity index (χ0) is 18.6. The molecule has 0 spiro atoms. The molecule has 0 amide bonds. The first kappa shape index (κ1) is 18.7. The van der Waals surface area contributed by atoms with Crippen molar-refractivity contribution in [2.24, 2.45) is 12.2 Å². The van der Waals surface area contributed by atoms with Crippen LogP contribution < -0.4 is 10.5 Å². The van der Waals surface area contributed by atoms with E-state index in [0.717, 1.165) is 23.0 Å². The monoisotopic (exact) mass is 358 g/mol. The maximum Gasteiger partial charge on any atom is 0.208 e. The van der Waals surface area contributed by atoms with Crippen LogP contribution in [-0.2, 0) is 16.8 Å². The van der Waals surface area contributed by atoms with Gasteiger partial charge in [0.2, 0.25) is 5.95 Å². The minimum Gasteiger partial charge on any atom is -0.326 e. The van der Waals surface area contributed by atoms with Crippen LogP contribution in [0.25, 0.3) is 11.0 Å². The van der Waals surface area contributed by atoms with E-state index in [1.165, 1.54) is 0 Å². The molecule has 3 N–H and O–H groups in total. The van der Waals surface area contributed by atoms with Crippen LogP contribution in [-0.4, -0.2) is 25.9 Å². The van der Waals surface area contributed by atoms with E-state index in [4.69, 9.17) is 5.14 Å². The molecule has 0 aliphatic carbocycles. The molecule has 3 aromatic rings. The largest absolute Gasteiger partial charge is 0.326 e. The molecule has 0 fully saturated rings. The summed E-state index contributed by atoms with van der Waals surface area (Å²) in [6.45, 7) is 4.00. The molecule has 1 atom stereocenters. The van der Waals surface area contributed by atoms with Crippen molar-refractivity contribution in [2.45, 2.75) is 18.7 Å². The van der Waals surface area contributed by atoms with Gasteiger partial charge in [0.1, 0.15) is 6.29 Å². The highest BCUT2D eigenvalue weighted by molar-refractivity contribution is 7.98. The highest BCUT2D eigenvalue weighted by atomic mass is 32.2. The van der Waals surface area contributed by atoms with Gasteiger partial charge < -0.3 is 9.88 Å². The lowest BCUT2D eigenvalue weighted by Gasteiger charge is -2.08. The number of imidazole rings is 1. The summed E-state index contributed by atoms with van der Waals surface area (Å²) in [5, 5.41) is 8.70. The van der Waals surface area contributed by atoms with Crippen LogP contribution in [0.2, 0.25) is 0 Å². The fraction of sp³-hybridized carbons (Fsp3) is 0.167. The Bertz CT molecular complexity index is 990. The molecule has 2 aromatic carbocycles. The second-order valence-corrected chi connectivity index (χ2v) is 7.16. The van der Waals surface area contributed by atoms with Crippen LogP contribution in [0.15, 0.2) is 47.4 Å². The highest BCUT2D eigenvalue weighted by Crippen LogP contribution is 2.23. The van der Waals surface area contributed by atoms with Gasteiger partial charge in [-0.1, -0.05) is 13.8 Å². The van der Waals surface area contributed by atoms with E-state index in [0.29, 0.717) is 16.4 Å². The quantitative estimate of drug-likeness (QED) is 0.554. The van der Waals surface area contributed by atoms with Crippen molar-refractivity contribution in [2.75, 3.05) is 5.32 Å². The summed E-state index contributed by atoms with van der Waals surface area (Å²) >= 11 is 0. The lowest BCUT2D eigenvalue weighted by atomic mass is 10.2. The number of carbonyl (C=O) groups is 1. The van der Waals surface area contributed by atoms with E-state index in [1.807, 2.05) is 31.5 Å². The normalized spacial score (nSPS) is 12.8. The summed E-state index contributed by atoms with van der Waals surface area (Å²) in [4.78, 5) is 15.8. The van der Waals surface area contributed by atoms with Gasteiger partial charge >= 0.3 is 0 Å². The van der Waals surface area contributed by atoms with Crippen molar-refractivity contribution in [3.05, 3.63) is 48.0 Å². The van der Waals surface area contributed by atoms with Gasteiger partial charge in [0.05, 0.1) is 20.7 Å². The van der Waals surface area contributed by atoms with Gasteiger partial charge in [-0.15, -0.1) is 0 Å². The van der Waals surface area contributed by atoms with E-state index in [-0.39, 0.29) is 0 Å². The summed E-state index contributed by atoms with van der Waals surface area (Å²) in [5.41, 5.74) is 3.02. The molecule has 0 aliphatic heterocycles. The van der Waals surface area contributed by atoms with Crippen LogP contribution in [0.3, 0.4) is 0 Å². The summed E-state index contributed by atoms with van der Waals surface area (Å²) in [5.74, 6) is 4.09. The summed E-state index contributed by atoms with van der Waals surface area (Å²) < 4.78 is 13.6. The predicted molar refractivity (Wildman–Crippen MR) is 105 cm³/mol. The number of aldehydes is 1. The molecule has 1 heterocycles. The maximum absolute atomic E-state index is 11.7. The SMILES string of the molecule is C=S(N)(=O)c1ccc(Nc2nc3cc(C=O)ccc3n2C)cc1.CC. The lowest BCUT2D eigenvalue weighted by molar-refractivity contribution is 0.112. The Kier molecular flexibility index (Phi) is 5.61. The second kappa shape index (κ2) is 7.50. The molecule has 132 valence electrons. The highest BCUT2D eigenvalue weighted by Gasteiger charge is 2.09. The molecule has 7 heteroatoms. The zero-order valence-corrected chi connectivity index (χ0v) is 15.3. The van der Waals surface area contributed by atoms with Crippen LogP contribution in [0.5, 0.6) is 0 Å². The van der Waals surface area contributed by atoms with Crippen LogP contribution in [0.4, 0.5) is 11.6 Å². The predicted octanol–water partition coefficient (Wildman–Crippen LogP) is 3.10. The van der Waals surface area contributed by atoms with E-state index in [1.54, 1.807) is 36.4 Å². The Morgan fingerprint density at radius 1 is 1.20 bits per heavy atom. The number of benzene rings is 2. The number of aromatic nitrogens is 2. The van der Waals surface area contributed by atoms with Crippen molar-refractivity contribution in [3.8, 4) is 0 Å². The average Bonchev–Trinajstić information content (AvgIpc) is 2.91. The number of rotatable bonds is 4. The summed E-state index contributed by atoms with van der Waals surface area (Å²) in [7, 11) is -0.826. The first-order chi connectivity index (χ1) is 11.9. The second-order valence-electron chi connectivity index (χ2n) is 5.24. The fourth-order valence-corrected chi connectivity index (χ4v) is 2.90. The number of fused-ring (bicyclic) bond motifs is 1. The van der Waals surface area contributed by atoms with Gasteiger partial charge in [-0.3, -0.25) is 9.93 Å². The van der Waals surface area contributed by atoms with Crippen molar-refractivity contribution >= 4 is 44.5 Å². The Labute approximate surface area is 147 Å². The molecule has 0 aliphatic rings. The standard InChI is InChI=1S/C16H16N4O2S.C2H6/c1-20-15-8-3-11(10-21)9-14(15)19-16(20)18-12-4-6-13(7-5-12)23(2,17)22;1-2/h3-10H,2H2,1H3,(H2,17,22)(H,18,19);1-2H3. The van der Waals surface area contributed by atoms with Gasteiger partial charge in [-0.2, -0.15) is 0 Å². The van der Waals surface area contributed by atoms with Crippen molar-refractivity contribution in [3.63, 3.8) is 0 Å². The van der Waals surface area contributed by atoms with E-state index >= 15 is 0 Å². The van der Waals surface area contributed by atoms with E-state index in [2.05, 4.69) is 16.2 Å². The van der Waals surface area contributed by atoms with Crippen LogP contribution in [0.1, 0.15) is 24.2 Å². The van der Waals surface area contributed by atoms with Crippen molar-refractivity contribution in [1.82, 2.24) is 9.55 Å². The minimum absolute atomic E-state index is 0.490. The molecule has 3 rings (SSSR count). The number of hydrogen-bond acceptors (Lipinski definition) is 4. The molecular formula is C18H22N4O2S. The molecule has 6 nitrogen and oxygen atoms in total. The Hall–Kier alpha value is -2.64. The number of aryl methyl sites for hydroxylation is 1. The molecule has 25 heavy (non-hydrogen) atoms. The fourth-order valence-electron chi connectivity index (χ4n) is 2.30. The summed E-state index contributed by atoms with van der Waals surface area (Å²) in [6.07, 6.45) is 0.795. The van der Waals surface area contributed by atoms with Crippen molar-refractivity contribution < 1.29 is 9.00 Å². The number of nitrogens with zero attached hydrogens (tertiary/aromatic N) is 2. The van der Waals surface area contributed by atoms with Gasteiger partial charge in [-0.05, 0) is 48.3 Å². The molecule has 0 bridgehead atoms. The Morgan fingerprint density at radius 3 is 2.40 bits per heavy atom. The average molecular weight is 358 g/mol. The number of anilines is 2. The molecule has 0 saturated heterocycles. The smallest absolute Gasteiger partial charge is 0.208 e. The van der Waals surface area contributed by atoms with Crippen LogP contribution >= 0.6 is 0 Å². The number of hydrogen-bond donors (Lipinski definition) is 2. The topological polar surface area (TPSA) is 90.0 Å². The molecule has 0 radical (unpaired) electrons. The third-order valence-corrected chi connectivity index (χ3v) is 4.62. The third-order valence-electron chi connectivity index (χ3n) is 3.55. The molecule has 1 unspecified atom stereocenters. The molecular weight excluding hydrogens is 336 g/mol. The van der Waals surface area contributed by atoms with Gasteiger partial charge in [0.25, 0.3) is 0 Å². The first-order valence-corrected chi connectivity index (χ1v) is 9.61. The Balaban J connectivity index is 0.00000109. The van der Waals surface area contributed by atoms with Gasteiger partial charge in [-0.25, -0.2) is 9.19 Å². The number of nitrogens with two attached hydrogens (primary N) is 1. The van der Waals surface area contributed by atoms with Gasteiger partial charge in [0, 0.05) is 23.2 Å². The van der Waals surface area contributed by atoms with E-state index in [9.17, 15) is 9.00 Å². The van der Waals surface area contributed by atoms with E-state index < -0.39 is 9.71 Å². The zero-order valence-electron chi connectivity index (χ0n) is 14.5. The van der Waals surface area contributed by atoms with Gasteiger partial charge in [0.15, 0.2) is 0 Å². The number of carbonyl (C=O) groups excluding carboxylic acids is 1. The molecule has 0 saturated carbocycles. The number of nitrogens with one attached hydrogen (secondary N) is 1.